The fraction of sp³-hybridized carbons (Fsp3) is 0.143. The summed E-state index contributed by atoms with van der Waals surface area (Å²) in [4.78, 5) is 7.90. The van der Waals surface area contributed by atoms with Gasteiger partial charge in [-0.2, -0.15) is 8.78 Å². The number of aromatic nitrogens is 3. The van der Waals surface area contributed by atoms with E-state index in [9.17, 15) is 17.2 Å². The van der Waals surface area contributed by atoms with Crippen LogP contribution in [0.25, 0.3) is 0 Å². The van der Waals surface area contributed by atoms with E-state index in [1.807, 2.05) is 0 Å². The summed E-state index contributed by atoms with van der Waals surface area (Å²) in [7, 11) is -3.96. The first-order chi connectivity index (χ1) is 11.5. The van der Waals surface area contributed by atoms with Crippen LogP contribution in [-0.4, -0.2) is 23.0 Å². The van der Waals surface area contributed by atoms with Gasteiger partial charge in [0.25, 0.3) is 10.0 Å². The Morgan fingerprint density at radius 2 is 1.92 bits per heavy atom. The second kappa shape index (κ2) is 6.65. The Bertz CT molecular complexity index is 896. The van der Waals surface area contributed by atoms with Gasteiger partial charge in [0.15, 0.2) is 5.13 Å². The molecule has 24 heavy (non-hydrogen) atoms. The minimum Gasteiger partial charge on any atom is -0.276 e. The number of sulfonamides is 1. The summed E-state index contributed by atoms with van der Waals surface area (Å²) >= 11 is 1.10. The molecule has 0 aliphatic heterocycles. The van der Waals surface area contributed by atoms with Crippen LogP contribution in [0, 0.1) is 0 Å². The lowest BCUT2D eigenvalue weighted by atomic mass is 10.4. The molecule has 3 aromatic rings. The van der Waals surface area contributed by atoms with Gasteiger partial charge in [-0.3, -0.25) is 4.57 Å². The number of thiazole rings is 1. The second-order valence-electron chi connectivity index (χ2n) is 4.67. The second-order valence-corrected chi connectivity index (χ2v) is 7.40. The molecule has 3 rings (SSSR count). The highest BCUT2D eigenvalue weighted by Gasteiger charge is 2.29. The molecule has 0 radical (unpaired) electrons. The van der Waals surface area contributed by atoms with E-state index in [1.165, 1.54) is 24.5 Å². The average molecular weight is 370 g/mol. The van der Waals surface area contributed by atoms with Crippen molar-refractivity contribution in [3.8, 4) is 0 Å². The van der Waals surface area contributed by atoms with Gasteiger partial charge in [-0.25, -0.2) is 22.7 Å². The summed E-state index contributed by atoms with van der Waals surface area (Å²) in [6, 6.07) is 7.75. The van der Waals surface area contributed by atoms with Crippen molar-refractivity contribution >= 4 is 26.5 Å². The van der Waals surface area contributed by atoms with Crippen molar-refractivity contribution < 1.29 is 17.2 Å². The zero-order valence-electron chi connectivity index (χ0n) is 12.2. The third kappa shape index (κ3) is 3.15. The number of rotatable bonds is 6. The standard InChI is InChI=1S/C14H12F2N4O2S2/c15-13(16)19-8-6-17-12(19)10-20(14-18-7-9-23-14)24(21,22)11-4-2-1-3-5-11/h1-9,13H,10H2. The van der Waals surface area contributed by atoms with Crippen LogP contribution in [0.3, 0.4) is 0 Å². The number of anilines is 1. The van der Waals surface area contributed by atoms with E-state index in [-0.39, 0.29) is 22.4 Å². The summed E-state index contributed by atoms with van der Waals surface area (Å²) in [5.74, 6) is -0.0697. The molecule has 2 heterocycles. The largest absolute Gasteiger partial charge is 0.319 e. The van der Waals surface area contributed by atoms with Crippen molar-refractivity contribution in [1.82, 2.24) is 14.5 Å². The Morgan fingerprint density at radius 3 is 2.54 bits per heavy atom. The number of benzene rings is 1. The Kier molecular flexibility index (Phi) is 4.58. The summed E-state index contributed by atoms with van der Waals surface area (Å²) < 4.78 is 53.4. The Balaban J connectivity index is 2.04. The quantitative estimate of drug-likeness (QED) is 0.669. The highest BCUT2D eigenvalue weighted by atomic mass is 32.2. The molecule has 0 atom stereocenters. The zero-order valence-corrected chi connectivity index (χ0v) is 13.8. The number of alkyl halides is 2. The molecule has 6 nitrogen and oxygen atoms in total. The average Bonchev–Trinajstić information content (AvgIpc) is 3.24. The summed E-state index contributed by atoms with van der Waals surface area (Å²) in [6.07, 6.45) is 3.76. The van der Waals surface area contributed by atoms with Gasteiger partial charge in [-0.15, -0.1) is 11.3 Å². The number of nitrogens with zero attached hydrogens (tertiary/aromatic N) is 4. The number of hydrogen-bond acceptors (Lipinski definition) is 5. The first-order valence-corrected chi connectivity index (χ1v) is 9.09. The van der Waals surface area contributed by atoms with Gasteiger partial charge in [0.05, 0.1) is 11.4 Å². The van der Waals surface area contributed by atoms with Crippen molar-refractivity contribution in [3.05, 3.63) is 60.1 Å². The van der Waals surface area contributed by atoms with Gasteiger partial charge >= 0.3 is 6.55 Å². The molecule has 0 saturated carbocycles. The first-order valence-electron chi connectivity index (χ1n) is 6.77. The highest BCUT2D eigenvalue weighted by Crippen LogP contribution is 2.28. The van der Waals surface area contributed by atoms with Crippen LogP contribution in [0.5, 0.6) is 0 Å². The predicted molar refractivity (Wildman–Crippen MR) is 85.4 cm³/mol. The Labute approximate surface area is 141 Å². The van der Waals surface area contributed by atoms with E-state index < -0.39 is 16.6 Å². The van der Waals surface area contributed by atoms with Crippen molar-refractivity contribution in [1.29, 1.82) is 0 Å². The normalized spacial score (nSPS) is 11.8. The molecule has 0 unspecified atom stereocenters. The monoisotopic (exact) mass is 370 g/mol. The van der Waals surface area contributed by atoms with Crippen LogP contribution in [-0.2, 0) is 16.6 Å². The molecule has 0 N–H and O–H groups in total. The molecule has 2 aromatic heterocycles. The maximum atomic E-state index is 13.0. The molecule has 0 spiro atoms. The smallest absolute Gasteiger partial charge is 0.276 e. The van der Waals surface area contributed by atoms with Crippen LogP contribution in [0.1, 0.15) is 12.4 Å². The topological polar surface area (TPSA) is 68.1 Å². The number of hydrogen-bond donors (Lipinski definition) is 0. The summed E-state index contributed by atoms with van der Waals surface area (Å²) in [5.41, 5.74) is 0. The van der Waals surface area contributed by atoms with E-state index in [1.54, 1.807) is 23.6 Å². The van der Waals surface area contributed by atoms with Gasteiger partial charge in [0.2, 0.25) is 0 Å². The summed E-state index contributed by atoms with van der Waals surface area (Å²) in [5, 5.41) is 1.80. The van der Waals surface area contributed by atoms with Crippen LogP contribution >= 0.6 is 11.3 Å². The van der Waals surface area contributed by atoms with Gasteiger partial charge in [-0.1, -0.05) is 18.2 Å². The van der Waals surface area contributed by atoms with E-state index in [2.05, 4.69) is 9.97 Å². The summed E-state index contributed by atoms with van der Waals surface area (Å²) in [6.45, 7) is -3.15. The molecule has 0 fully saturated rings. The minimum absolute atomic E-state index is 0.0513. The lowest BCUT2D eigenvalue weighted by Crippen LogP contribution is -2.31. The molecule has 0 saturated heterocycles. The maximum absolute atomic E-state index is 13.0. The molecule has 0 aliphatic rings. The van der Waals surface area contributed by atoms with Crippen molar-refractivity contribution in [3.63, 3.8) is 0 Å². The highest BCUT2D eigenvalue weighted by molar-refractivity contribution is 7.93. The zero-order chi connectivity index (χ0) is 17.2. The fourth-order valence-electron chi connectivity index (χ4n) is 2.09. The van der Waals surface area contributed by atoms with Crippen molar-refractivity contribution in [2.24, 2.45) is 0 Å². The van der Waals surface area contributed by atoms with Gasteiger partial charge in [0, 0.05) is 24.0 Å². The Hall–Kier alpha value is -2.33. The van der Waals surface area contributed by atoms with E-state index in [4.69, 9.17) is 0 Å². The van der Waals surface area contributed by atoms with Gasteiger partial charge in [-0.05, 0) is 12.1 Å². The molecule has 0 amide bonds. The molecule has 0 bridgehead atoms. The van der Waals surface area contributed by atoms with E-state index in [0.29, 0.717) is 4.57 Å². The van der Waals surface area contributed by atoms with Crippen molar-refractivity contribution in [2.45, 2.75) is 18.0 Å². The van der Waals surface area contributed by atoms with E-state index >= 15 is 0 Å². The van der Waals surface area contributed by atoms with Crippen LogP contribution in [0.15, 0.2) is 59.2 Å². The Morgan fingerprint density at radius 1 is 1.17 bits per heavy atom. The molecule has 0 aliphatic carbocycles. The molecule has 1 aromatic carbocycles. The minimum atomic E-state index is -3.96. The lowest BCUT2D eigenvalue weighted by Gasteiger charge is -2.21. The first kappa shape index (κ1) is 16.5. The molecule has 10 heteroatoms. The maximum Gasteiger partial charge on any atom is 0.319 e. The fourth-order valence-corrected chi connectivity index (χ4v) is 4.35. The van der Waals surface area contributed by atoms with Crippen LogP contribution in [0.2, 0.25) is 0 Å². The van der Waals surface area contributed by atoms with Crippen LogP contribution in [0.4, 0.5) is 13.9 Å². The van der Waals surface area contributed by atoms with Gasteiger partial charge in [0.1, 0.15) is 5.82 Å². The third-order valence-electron chi connectivity index (χ3n) is 3.21. The molecule has 126 valence electrons. The van der Waals surface area contributed by atoms with Crippen molar-refractivity contribution in [2.75, 3.05) is 4.31 Å². The number of halogens is 2. The van der Waals surface area contributed by atoms with Crippen LogP contribution < -0.4 is 4.31 Å². The number of imidazole rings is 1. The predicted octanol–water partition coefficient (Wildman–Crippen LogP) is 3.13. The van der Waals surface area contributed by atoms with E-state index in [0.717, 1.165) is 21.8 Å². The molecular weight excluding hydrogens is 358 g/mol. The SMILES string of the molecule is O=S(=O)(c1ccccc1)N(Cc1nccn1C(F)F)c1nccs1. The third-order valence-corrected chi connectivity index (χ3v) is 5.87. The lowest BCUT2D eigenvalue weighted by molar-refractivity contribution is 0.0671. The van der Waals surface area contributed by atoms with Gasteiger partial charge < -0.3 is 0 Å². The molecular formula is C14H12F2N4O2S2.